The van der Waals surface area contributed by atoms with Gasteiger partial charge in [0.2, 0.25) is 0 Å². The molecular weight excluding hydrogens is 699 g/mol. The van der Waals surface area contributed by atoms with Crippen LogP contribution in [-0.2, 0) is 20.6 Å². The molecule has 0 bridgehead atoms. The third-order valence-electron chi connectivity index (χ3n) is 5.45. The molecule has 0 heterocycles. The van der Waals surface area contributed by atoms with Gasteiger partial charge in [0.25, 0.3) is 0 Å². The van der Waals surface area contributed by atoms with Gasteiger partial charge in [-0.3, -0.25) is 0 Å². The normalized spacial score (nSPS) is 17.9. The summed E-state index contributed by atoms with van der Waals surface area (Å²) in [6, 6.07) is -0.775. The number of alkyl halides is 6. The van der Waals surface area contributed by atoms with Gasteiger partial charge >= 0.3 is 55.2 Å². The number of rotatable bonds is 17. The van der Waals surface area contributed by atoms with Crippen LogP contribution in [0.4, 0.5) is 26.3 Å². The Morgan fingerprint density at radius 1 is 0.512 bits per heavy atom. The Morgan fingerprint density at radius 3 is 1.16 bits per heavy atom. The summed E-state index contributed by atoms with van der Waals surface area (Å²) in [7, 11) is -19.5. The first-order valence-electron chi connectivity index (χ1n) is 13.6. The van der Waals surface area contributed by atoms with Crippen LogP contribution >= 0.6 is 0 Å². The molecule has 0 aromatic heterocycles. The van der Waals surface area contributed by atoms with E-state index < -0.39 is 90.7 Å². The summed E-state index contributed by atoms with van der Waals surface area (Å²) in [6.45, 7) is 30.6. The van der Waals surface area contributed by atoms with Crippen molar-refractivity contribution >= 4 is 59.4 Å². The molecule has 0 aromatic rings. The zero-order chi connectivity index (χ0) is 35.0. The molecule has 0 radical (unpaired) electrons. The lowest BCUT2D eigenvalue weighted by atomic mass is 10.5. The molecule has 3 atom stereocenters. The van der Waals surface area contributed by atoms with Crippen molar-refractivity contribution in [3.63, 3.8) is 0 Å². The monoisotopic (exact) mass is 750 g/mol. The first-order chi connectivity index (χ1) is 18.6. The molecule has 0 saturated heterocycles. The summed E-state index contributed by atoms with van der Waals surface area (Å²) in [4.78, 5) is 20.2. The lowest BCUT2D eigenvalue weighted by Crippen LogP contribution is -2.59. The average molecular weight is 751 g/mol. The minimum Gasteiger partial charge on any atom is -0.433 e. The second kappa shape index (κ2) is 16.2. The van der Waals surface area contributed by atoms with E-state index in [9.17, 15) is 35.9 Å². The first-order valence-corrected chi connectivity index (χ1v) is 32.8. The van der Waals surface area contributed by atoms with Crippen molar-refractivity contribution in [1.29, 1.82) is 0 Å². The minimum absolute atomic E-state index is 0.319. The van der Waals surface area contributed by atoms with E-state index in [0.717, 1.165) is 0 Å². The van der Waals surface area contributed by atoms with E-state index in [-0.39, 0.29) is 6.04 Å². The minimum atomic E-state index is -4.35. The van der Waals surface area contributed by atoms with Crippen LogP contribution in [0.3, 0.4) is 0 Å². The van der Waals surface area contributed by atoms with Gasteiger partial charge in [-0.1, -0.05) is 17.1 Å². The highest BCUT2D eigenvalue weighted by atomic mass is 28.5. The predicted molar refractivity (Wildman–Crippen MR) is 176 cm³/mol. The number of halogens is 6. The fourth-order valence-corrected chi connectivity index (χ4v) is 30.8. The Morgan fingerprint density at radius 2 is 0.837 bits per heavy atom. The van der Waals surface area contributed by atoms with Gasteiger partial charge in [-0.15, -0.1) is 19.7 Å². The Labute approximate surface area is 261 Å². The summed E-state index contributed by atoms with van der Waals surface area (Å²) < 4.78 is 103. The smallest absolute Gasteiger partial charge is 0.389 e. The molecule has 0 aromatic carbocycles. The van der Waals surface area contributed by atoms with Crippen LogP contribution in [0.15, 0.2) is 36.8 Å². The van der Waals surface area contributed by atoms with E-state index in [1.165, 1.54) is 18.8 Å². The van der Waals surface area contributed by atoms with Crippen LogP contribution in [0.5, 0.6) is 0 Å². The highest BCUT2D eigenvalue weighted by Gasteiger charge is 2.48. The predicted octanol–water partition coefficient (Wildman–Crippen LogP) is 8.15. The highest BCUT2D eigenvalue weighted by molar-refractivity contribution is 6.92. The van der Waals surface area contributed by atoms with Crippen molar-refractivity contribution in [2.45, 2.75) is 109 Å². The molecule has 2 N–H and O–H groups in total. The molecule has 0 aliphatic rings. The molecule has 0 amide bonds. The summed E-state index contributed by atoms with van der Waals surface area (Å²) in [6.07, 6.45) is -10.7. The quantitative estimate of drug-likeness (QED) is 0.115. The van der Waals surface area contributed by atoms with Crippen molar-refractivity contribution in [2.24, 2.45) is 0 Å². The molecule has 256 valence electrons. The van der Waals surface area contributed by atoms with Crippen molar-refractivity contribution in [3.8, 4) is 0 Å². The van der Waals surface area contributed by atoms with Crippen molar-refractivity contribution in [1.82, 2.24) is 0 Å². The van der Waals surface area contributed by atoms with Crippen LogP contribution in [0, 0.1) is 0 Å². The maximum absolute atomic E-state index is 12.5. The maximum Gasteiger partial charge on any atom is 0.389 e. The number of hydrogen-bond acceptors (Lipinski definition) is 7. The maximum atomic E-state index is 12.5. The fraction of sp³-hybridized carbons (Fsp3) is 0.739. The summed E-state index contributed by atoms with van der Waals surface area (Å²) in [5.74, 6) is 0. The molecule has 0 fully saturated rings. The lowest BCUT2D eigenvalue weighted by molar-refractivity contribution is -0.132. The highest BCUT2D eigenvalue weighted by Crippen LogP contribution is 2.30. The fourth-order valence-electron chi connectivity index (χ4n) is 3.80. The molecule has 0 aliphatic carbocycles. The Hall–Kier alpha value is 0.0382. The largest absolute Gasteiger partial charge is 0.433 e. The van der Waals surface area contributed by atoms with E-state index in [1.54, 1.807) is 25.3 Å². The SMILES string of the molecule is C=C[Si](C)(C)O[Si](C)(C)O[Si](C)(C)O[Si](C)(C=C)O[Si](C)(O)CCC(F)(F)F.C=C[Si](C)(C)O[Si](C)(O)CCC(F)(F)F. The van der Waals surface area contributed by atoms with Gasteiger partial charge in [0.1, 0.15) is 0 Å². The molecule has 0 rings (SSSR count). The van der Waals surface area contributed by atoms with Gasteiger partial charge < -0.3 is 30.2 Å². The lowest BCUT2D eigenvalue weighted by Gasteiger charge is -2.41. The Bertz CT molecular complexity index is 914. The van der Waals surface area contributed by atoms with Crippen molar-refractivity contribution in [2.75, 3.05) is 0 Å². The van der Waals surface area contributed by atoms with Crippen LogP contribution in [0.1, 0.15) is 12.8 Å². The van der Waals surface area contributed by atoms with Gasteiger partial charge in [0.05, 0.1) is 0 Å². The zero-order valence-corrected chi connectivity index (χ0v) is 34.4. The van der Waals surface area contributed by atoms with E-state index in [1.807, 2.05) is 45.0 Å². The molecule has 3 unspecified atom stereocenters. The average Bonchev–Trinajstić information content (AvgIpc) is 2.73. The van der Waals surface area contributed by atoms with Gasteiger partial charge in [-0.25, -0.2) is 0 Å². The van der Waals surface area contributed by atoms with E-state index >= 15 is 0 Å². The van der Waals surface area contributed by atoms with Crippen LogP contribution in [0.2, 0.25) is 84.1 Å². The summed E-state index contributed by atoms with van der Waals surface area (Å²) in [5, 5.41) is 0. The molecule has 0 saturated carbocycles. The van der Waals surface area contributed by atoms with Crippen LogP contribution in [-0.4, -0.2) is 81.4 Å². The third-order valence-corrected chi connectivity index (χ3v) is 29.4. The van der Waals surface area contributed by atoms with Gasteiger partial charge in [-0.2, -0.15) is 26.3 Å². The van der Waals surface area contributed by atoms with Gasteiger partial charge in [0, 0.05) is 12.8 Å². The van der Waals surface area contributed by atoms with Crippen molar-refractivity contribution in [3.05, 3.63) is 36.8 Å². The molecule has 43 heavy (non-hydrogen) atoms. The van der Waals surface area contributed by atoms with E-state index in [2.05, 4.69) is 19.7 Å². The topological polar surface area (TPSA) is 86.6 Å². The molecule has 20 heteroatoms. The summed E-state index contributed by atoms with van der Waals surface area (Å²) in [5.41, 5.74) is 4.90. The van der Waals surface area contributed by atoms with Gasteiger partial charge in [-0.05, 0) is 84.1 Å². The second-order valence-corrected chi connectivity index (χ2v) is 37.8. The standard InChI is InChI=1S/C15H35F3O5Si5.C8H17F3O2Si2/c1-11-24(3,4)20-25(5,6)21-26(7,8)22-28(10,12-2)23-27(9,19)14-13-15(16,17)18;1-5-14(2,3)13-15(4,12)7-6-8(9,10)11/h11-12,19H,1-2,13-14H2,3-10H3;5,12H,1,6-7H2,2-4H3. The van der Waals surface area contributed by atoms with E-state index in [0.29, 0.717) is 0 Å². The molecular formula is C23H52F6O7Si7. The molecule has 0 spiro atoms. The number of hydrogen-bond donors (Lipinski definition) is 2. The summed E-state index contributed by atoms with van der Waals surface area (Å²) >= 11 is 0. The van der Waals surface area contributed by atoms with Crippen molar-refractivity contribution < 1.29 is 56.5 Å². The Kier molecular flexibility index (Phi) is 17.1. The van der Waals surface area contributed by atoms with E-state index in [4.69, 9.17) is 20.6 Å². The molecule has 0 aliphatic heterocycles. The zero-order valence-electron chi connectivity index (χ0n) is 27.4. The second-order valence-electron chi connectivity index (χ2n) is 12.7. The van der Waals surface area contributed by atoms with Gasteiger partial charge in [0.15, 0.2) is 16.6 Å². The third kappa shape index (κ3) is 24.0. The first kappa shape index (κ1) is 45.2. The van der Waals surface area contributed by atoms with Crippen LogP contribution in [0.25, 0.3) is 0 Å². The van der Waals surface area contributed by atoms with Crippen LogP contribution < -0.4 is 0 Å². The Balaban J connectivity index is 0. The molecule has 7 nitrogen and oxygen atoms in total.